The number of aromatic nitrogens is 1. The number of ether oxygens (including phenoxy) is 1. The maximum absolute atomic E-state index is 12.4. The van der Waals surface area contributed by atoms with Crippen LogP contribution in [-0.2, 0) is 6.42 Å². The first-order valence-corrected chi connectivity index (χ1v) is 8.26. The topological polar surface area (TPSA) is 62.4 Å². The number of amides is 1. The third-order valence-electron chi connectivity index (χ3n) is 4.61. The zero-order valence-electron chi connectivity index (χ0n) is 13.8. The van der Waals surface area contributed by atoms with Crippen LogP contribution >= 0.6 is 0 Å². The third kappa shape index (κ3) is 3.85. The molecule has 0 saturated carbocycles. The van der Waals surface area contributed by atoms with Crippen molar-refractivity contribution in [1.29, 1.82) is 0 Å². The van der Waals surface area contributed by atoms with E-state index in [4.69, 9.17) is 4.74 Å². The molecular weight excluding hydrogens is 304 g/mol. The zero-order valence-corrected chi connectivity index (χ0v) is 13.8. The average Bonchev–Trinajstić information content (AvgIpc) is 2.62. The van der Waals surface area contributed by atoms with Gasteiger partial charge in [-0.3, -0.25) is 9.59 Å². The van der Waals surface area contributed by atoms with Crippen LogP contribution in [0.4, 0.5) is 0 Å². The lowest BCUT2D eigenvalue weighted by atomic mass is 9.90. The minimum absolute atomic E-state index is 0.0519. The van der Waals surface area contributed by atoms with Crippen molar-refractivity contribution < 1.29 is 9.53 Å². The monoisotopic (exact) mass is 326 g/mol. The molecular formula is C19H22N2O3. The van der Waals surface area contributed by atoms with Crippen molar-refractivity contribution in [1.82, 2.24) is 9.88 Å². The number of carbonyl (C=O) groups excluding carboxylic acids is 1. The van der Waals surface area contributed by atoms with Crippen LogP contribution < -0.4 is 10.3 Å². The first kappa shape index (κ1) is 16.3. The predicted molar refractivity (Wildman–Crippen MR) is 92.4 cm³/mol. The van der Waals surface area contributed by atoms with E-state index in [0.717, 1.165) is 38.1 Å². The Morgan fingerprint density at radius 3 is 2.54 bits per heavy atom. The van der Waals surface area contributed by atoms with Crippen LogP contribution in [0, 0.1) is 5.92 Å². The molecule has 3 rings (SSSR count). The van der Waals surface area contributed by atoms with Gasteiger partial charge in [-0.1, -0.05) is 12.1 Å². The molecule has 24 heavy (non-hydrogen) atoms. The number of nitrogens with one attached hydrogen (secondary N) is 1. The van der Waals surface area contributed by atoms with Crippen molar-refractivity contribution in [2.24, 2.45) is 5.92 Å². The molecule has 1 aliphatic heterocycles. The second kappa shape index (κ2) is 7.34. The first-order chi connectivity index (χ1) is 11.7. The summed E-state index contributed by atoms with van der Waals surface area (Å²) in [4.78, 5) is 28.2. The molecule has 1 amide bonds. The van der Waals surface area contributed by atoms with Crippen LogP contribution in [0.3, 0.4) is 0 Å². The molecule has 1 aromatic heterocycles. The number of benzene rings is 1. The van der Waals surface area contributed by atoms with E-state index in [9.17, 15) is 9.59 Å². The van der Waals surface area contributed by atoms with Crippen molar-refractivity contribution in [3.8, 4) is 5.75 Å². The van der Waals surface area contributed by atoms with Gasteiger partial charge in [0, 0.05) is 30.9 Å². The molecule has 0 aliphatic carbocycles. The van der Waals surface area contributed by atoms with Gasteiger partial charge in [0.1, 0.15) is 5.75 Å². The van der Waals surface area contributed by atoms with E-state index in [1.807, 2.05) is 17.0 Å². The highest BCUT2D eigenvalue weighted by atomic mass is 16.5. The number of rotatable bonds is 4. The Morgan fingerprint density at radius 2 is 1.92 bits per heavy atom. The number of aromatic amines is 1. The maximum atomic E-state index is 12.4. The van der Waals surface area contributed by atoms with Crippen LogP contribution in [0.15, 0.2) is 47.4 Å². The smallest absolute Gasteiger partial charge is 0.254 e. The van der Waals surface area contributed by atoms with Crippen molar-refractivity contribution in [3.63, 3.8) is 0 Å². The molecule has 0 bridgehead atoms. The Bertz CT molecular complexity index is 744. The molecule has 1 N–H and O–H groups in total. The van der Waals surface area contributed by atoms with Gasteiger partial charge in [0.15, 0.2) is 0 Å². The predicted octanol–water partition coefficient (Wildman–Crippen LogP) is 2.48. The van der Waals surface area contributed by atoms with Gasteiger partial charge in [0.2, 0.25) is 5.56 Å². The van der Waals surface area contributed by atoms with E-state index < -0.39 is 0 Å². The Balaban J connectivity index is 1.55. The summed E-state index contributed by atoms with van der Waals surface area (Å²) in [5.74, 6) is 1.41. The number of hydrogen-bond donors (Lipinski definition) is 1. The number of hydrogen-bond acceptors (Lipinski definition) is 3. The molecule has 0 unspecified atom stereocenters. The van der Waals surface area contributed by atoms with E-state index in [2.05, 4.69) is 17.1 Å². The highest BCUT2D eigenvalue weighted by Gasteiger charge is 2.23. The summed E-state index contributed by atoms with van der Waals surface area (Å²) in [5.41, 5.74) is 1.53. The summed E-state index contributed by atoms with van der Waals surface area (Å²) in [7, 11) is 1.67. The maximum Gasteiger partial charge on any atom is 0.254 e. The molecule has 5 heteroatoms. The van der Waals surface area contributed by atoms with Gasteiger partial charge < -0.3 is 14.6 Å². The molecule has 1 saturated heterocycles. The number of carbonyl (C=O) groups is 1. The second-order valence-corrected chi connectivity index (χ2v) is 6.23. The fourth-order valence-electron chi connectivity index (χ4n) is 3.20. The van der Waals surface area contributed by atoms with Gasteiger partial charge >= 0.3 is 0 Å². The molecule has 126 valence electrons. The first-order valence-electron chi connectivity index (χ1n) is 8.26. The highest BCUT2D eigenvalue weighted by molar-refractivity contribution is 5.94. The van der Waals surface area contributed by atoms with Gasteiger partial charge in [-0.25, -0.2) is 0 Å². The van der Waals surface area contributed by atoms with E-state index >= 15 is 0 Å². The van der Waals surface area contributed by atoms with Crippen molar-refractivity contribution in [3.05, 3.63) is 64.1 Å². The van der Waals surface area contributed by atoms with Crippen LogP contribution in [0.1, 0.15) is 28.8 Å². The van der Waals surface area contributed by atoms with E-state index in [0.29, 0.717) is 11.5 Å². The van der Waals surface area contributed by atoms with Crippen LogP contribution in [-0.4, -0.2) is 36.0 Å². The summed E-state index contributed by atoms with van der Waals surface area (Å²) >= 11 is 0. The summed E-state index contributed by atoms with van der Waals surface area (Å²) < 4.78 is 5.18. The van der Waals surface area contributed by atoms with E-state index in [1.165, 1.54) is 17.8 Å². The number of nitrogens with zero attached hydrogens (tertiary/aromatic N) is 1. The van der Waals surface area contributed by atoms with Gasteiger partial charge in [0.05, 0.1) is 7.11 Å². The lowest BCUT2D eigenvalue weighted by Gasteiger charge is -2.32. The molecule has 0 spiro atoms. The molecule has 2 heterocycles. The Labute approximate surface area is 141 Å². The molecule has 0 atom stereocenters. The summed E-state index contributed by atoms with van der Waals surface area (Å²) in [6.07, 6.45) is 4.52. The summed E-state index contributed by atoms with van der Waals surface area (Å²) in [6, 6.07) is 11.2. The number of pyridine rings is 1. The molecule has 2 aromatic rings. The second-order valence-electron chi connectivity index (χ2n) is 6.23. The van der Waals surface area contributed by atoms with Crippen LogP contribution in [0.5, 0.6) is 5.75 Å². The lowest BCUT2D eigenvalue weighted by Crippen LogP contribution is -2.39. The van der Waals surface area contributed by atoms with Crippen molar-refractivity contribution >= 4 is 5.91 Å². The SMILES string of the molecule is COc1ccc(CC2CCN(C(=O)c3cc[nH]c(=O)c3)CC2)cc1. The van der Waals surface area contributed by atoms with E-state index in [-0.39, 0.29) is 11.5 Å². The third-order valence-corrected chi connectivity index (χ3v) is 4.61. The normalized spacial score (nSPS) is 15.3. The molecule has 1 aliphatic rings. The van der Waals surface area contributed by atoms with Crippen LogP contribution in [0.2, 0.25) is 0 Å². The fourth-order valence-corrected chi connectivity index (χ4v) is 3.20. The molecule has 0 radical (unpaired) electrons. The van der Waals surface area contributed by atoms with Gasteiger partial charge in [0.25, 0.3) is 5.91 Å². The Morgan fingerprint density at radius 1 is 1.21 bits per heavy atom. The summed E-state index contributed by atoms with van der Waals surface area (Å²) in [6.45, 7) is 1.49. The Kier molecular flexibility index (Phi) is 4.99. The zero-order chi connectivity index (χ0) is 16.9. The summed E-state index contributed by atoms with van der Waals surface area (Å²) in [5, 5.41) is 0. The molecule has 1 aromatic carbocycles. The fraction of sp³-hybridized carbons (Fsp3) is 0.368. The number of H-pyrrole nitrogens is 1. The highest BCUT2D eigenvalue weighted by Crippen LogP contribution is 2.23. The largest absolute Gasteiger partial charge is 0.497 e. The van der Waals surface area contributed by atoms with Gasteiger partial charge in [-0.05, 0) is 48.9 Å². The van der Waals surface area contributed by atoms with Crippen molar-refractivity contribution in [2.45, 2.75) is 19.3 Å². The standard InChI is InChI=1S/C19H22N2O3/c1-24-17-4-2-14(3-5-17)12-15-7-10-21(11-8-15)19(23)16-6-9-20-18(22)13-16/h2-6,9,13,15H,7-8,10-12H2,1H3,(H,20,22). The average molecular weight is 326 g/mol. The number of methoxy groups -OCH3 is 1. The quantitative estimate of drug-likeness (QED) is 0.939. The molecule has 1 fully saturated rings. The Hall–Kier alpha value is -2.56. The number of piperidine rings is 1. The lowest BCUT2D eigenvalue weighted by molar-refractivity contribution is 0.0690. The van der Waals surface area contributed by atoms with Crippen molar-refractivity contribution in [2.75, 3.05) is 20.2 Å². The van der Waals surface area contributed by atoms with Crippen LogP contribution in [0.25, 0.3) is 0 Å². The minimum atomic E-state index is -0.241. The van der Waals surface area contributed by atoms with Gasteiger partial charge in [-0.15, -0.1) is 0 Å². The van der Waals surface area contributed by atoms with E-state index in [1.54, 1.807) is 13.2 Å². The molecule has 5 nitrogen and oxygen atoms in total. The number of likely N-dealkylation sites (tertiary alicyclic amines) is 1. The van der Waals surface area contributed by atoms with Gasteiger partial charge in [-0.2, -0.15) is 0 Å². The minimum Gasteiger partial charge on any atom is -0.497 e.